The maximum absolute atomic E-state index is 6.04. The molecule has 0 amide bonds. The molecule has 0 saturated heterocycles. The predicted octanol–water partition coefficient (Wildman–Crippen LogP) is 3.66. The van der Waals surface area contributed by atoms with E-state index in [4.69, 9.17) is 10.5 Å². The lowest BCUT2D eigenvalue weighted by Gasteiger charge is -2.23. The fourth-order valence-corrected chi connectivity index (χ4v) is 3.04. The van der Waals surface area contributed by atoms with Crippen LogP contribution in [0.5, 0.6) is 5.75 Å². The molecule has 3 rings (SSSR count). The fraction of sp³-hybridized carbons (Fsp3) is 0.261. The summed E-state index contributed by atoms with van der Waals surface area (Å²) in [6.07, 6.45) is 2.80. The Labute approximate surface area is 161 Å². The second kappa shape index (κ2) is 10.5. The Morgan fingerprint density at radius 3 is 2.41 bits per heavy atom. The van der Waals surface area contributed by atoms with Gasteiger partial charge in [-0.1, -0.05) is 54.6 Å². The van der Waals surface area contributed by atoms with Crippen LogP contribution >= 0.6 is 0 Å². The minimum Gasteiger partial charge on any atom is -0.487 e. The van der Waals surface area contributed by atoms with E-state index in [0.717, 1.165) is 37.5 Å². The molecular weight excluding hydrogens is 334 g/mol. The van der Waals surface area contributed by atoms with E-state index in [9.17, 15) is 0 Å². The highest BCUT2D eigenvalue weighted by Gasteiger charge is 2.10. The van der Waals surface area contributed by atoms with Crippen molar-refractivity contribution in [2.45, 2.75) is 19.6 Å². The molecule has 0 radical (unpaired) electrons. The van der Waals surface area contributed by atoms with Crippen LogP contribution in [0.4, 0.5) is 0 Å². The number of nitrogens with zero attached hydrogens (tertiary/aromatic N) is 2. The molecule has 0 spiro atoms. The highest BCUT2D eigenvalue weighted by Crippen LogP contribution is 2.21. The van der Waals surface area contributed by atoms with Crippen LogP contribution in [0.1, 0.15) is 16.8 Å². The number of hydrogen-bond donors (Lipinski definition) is 1. The number of hydrogen-bond acceptors (Lipinski definition) is 4. The van der Waals surface area contributed by atoms with E-state index in [1.807, 2.05) is 30.3 Å². The number of pyridine rings is 1. The third kappa shape index (κ3) is 6.20. The first kappa shape index (κ1) is 19.1. The number of ether oxygens (including phenoxy) is 1. The Kier molecular flexibility index (Phi) is 7.39. The molecule has 0 atom stereocenters. The zero-order valence-corrected chi connectivity index (χ0v) is 15.6. The average Bonchev–Trinajstić information content (AvgIpc) is 2.73. The first-order valence-corrected chi connectivity index (χ1v) is 9.42. The topological polar surface area (TPSA) is 51.4 Å². The lowest BCUT2D eigenvalue weighted by molar-refractivity contribution is 0.259. The molecule has 0 unspecified atom stereocenters. The number of aromatic nitrogens is 1. The summed E-state index contributed by atoms with van der Waals surface area (Å²) in [5.41, 5.74) is 9.29. The van der Waals surface area contributed by atoms with Gasteiger partial charge in [0.2, 0.25) is 0 Å². The van der Waals surface area contributed by atoms with Gasteiger partial charge in [0, 0.05) is 37.9 Å². The molecular formula is C23H27N3O. The van der Waals surface area contributed by atoms with Crippen LogP contribution in [-0.2, 0) is 19.6 Å². The SMILES string of the molecule is NCCN(CCc1ccccc1)Cc1ccccc1OCc1ccccn1. The van der Waals surface area contributed by atoms with Crippen LogP contribution in [0.2, 0.25) is 0 Å². The molecule has 2 N–H and O–H groups in total. The number of nitrogens with two attached hydrogens (primary N) is 1. The van der Waals surface area contributed by atoms with Crippen molar-refractivity contribution in [3.63, 3.8) is 0 Å². The Morgan fingerprint density at radius 1 is 0.852 bits per heavy atom. The Hall–Kier alpha value is -2.69. The second-order valence-electron chi connectivity index (χ2n) is 6.52. The summed E-state index contributed by atoms with van der Waals surface area (Å²) >= 11 is 0. The molecule has 4 nitrogen and oxygen atoms in total. The molecule has 0 saturated carbocycles. The highest BCUT2D eigenvalue weighted by atomic mass is 16.5. The van der Waals surface area contributed by atoms with Crippen LogP contribution in [0.25, 0.3) is 0 Å². The molecule has 0 bridgehead atoms. The van der Waals surface area contributed by atoms with Gasteiger partial charge in [-0.2, -0.15) is 0 Å². The van der Waals surface area contributed by atoms with Gasteiger partial charge >= 0.3 is 0 Å². The van der Waals surface area contributed by atoms with Crippen LogP contribution in [0.3, 0.4) is 0 Å². The predicted molar refractivity (Wildman–Crippen MR) is 109 cm³/mol. The van der Waals surface area contributed by atoms with Gasteiger partial charge in [-0.25, -0.2) is 0 Å². The van der Waals surface area contributed by atoms with Crippen LogP contribution in [0.15, 0.2) is 79.0 Å². The van der Waals surface area contributed by atoms with Crippen molar-refractivity contribution in [2.24, 2.45) is 5.73 Å². The monoisotopic (exact) mass is 361 g/mol. The van der Waals surface area contributed by atoms with Crippen LogP contribution in [0, 0.1) is 0 Å². The molecule has 140 valence electrons. The second-order valence-corrected chi connectivity index (χ2v) is 6.52. The first-order valence-electron chi connectivity index (χ1n) is 9.42. The molecule has 1 heterocycles. The molecule has 2 aromatic carbocycles. The largest absolute Gasteiger partial charge is 0.487 e. The van der Waals surface area contributed by atoms with Crippen molar-refractivity contribution in [3.05, 3.63) is 95.8 Å². The molecule has 0 aliphatic carbocycles. The Balaban J connectivity index is 1.63. The smallest absolute Gasteiger partial charge is 0.130 e. The number of benzene rings is 2. The van der Waals surface area contributed by atoms with E-state index in [0.29, 0.717) is 13.2 Å². The molecule has 0 aliphatic heterocycles. The van der Waals surface area contributed by atoms with Gasteiger partial charge < -0.3 is 10.5 Å². The first-order chi connectivity index (χ1) is 13.3. The standard InChI is InChI=1S/C23H27N3O/c24-14-17-26(16-13-20-8-2-1-3-9-20)18-21-10-4-5-12-23(21)27-19-22-11-6-7-15-25-22/h1-12,15H,13-14,16-19,24H2. The zero-order valence-electron chi connectivity index (χ0n) is 15.6. The lowest BCUT2D eigenvalue weighted by atomic mass is 10.1. The van der Waals surface area contributed by atoms with Crippen molar-refractivity contribution >= 4 is 0 Å². The minimum absolute atomic E-state index is 0.471. The molecule has 0 fully saturated rings. The summed E-state index contributed by atoms with van der Waals surface area (Å²) in [5, 5.41) is 0. The van der Waals surface area contributed by atoms with Crippen molar-refractivity contribution in [2.75, 3.05) is 19.6 Å². The van der Waals surface area contributed by atoms with Gasteiger partial charge in [-0.05, 0) is 30.2 Å². The summed E-state index contributed by atoms with van der Waals surface area (Å²) in [5.74, 6) is 0.907. The summed E-state index contributed by atoms with van der Waals surface area (Å²) in [6, 6.07) is 24.6. The quantitative estimate of drug-likeness (QED) is 0.599. The third-order valence-corrected chi connectivity index (χ3v) is 4.47. The average molecular weight is 361 g/mol. The summed E-state index contributed by atoms with van der Waals surface area (Å²) in [4.78, 5) is 6.71. The molecule has 27 heavy (non-hydrogen) atoms. The maximum atomic E-state index is 6.04. The van der Waals surface area contributed by atoms with E-state index in [2.05, 4.69) is 52.3 Å². The van der Waals surface area contributed by atoms with Gasteiger partial charge in [-0.3, -0.25) is 9.88 Å². The summed E-state index contributed by atoms with van der Waals surface area (Å²) in [6.45, 7) is 3.77. The van der Waals surface area contributed by atoms with E-state index in [1.54, 1.807) is 6.20 Å². The zero-order chi connectivity index (χ0) is 18.7. The van der Waals surface area contributed by atoms with Crippen LogP contribution in [-0.4, -0.2) is 29.5 Å². The lowest BCUT2D eigenvalue weighted by Crippen LogP contribution is -2.31. The van der Waals surface area contributed by atoms with Gasteiger partial charge in [0.25, 0.3) is 0 Å². The number of para-hydroxylation sites is 1. The van der Waals surface area contributed by atoms with Crippen molar-refractivity contribution in [1.29, 1.82) is 0 Å². The normalized spacial score (nSPS) is 10.9. The summed E-state index contributed by atoms with van der Waals surface area (Å²) in [7, 11) is 0. The third-order valence-electron chi connectivity index (χ3n) is 4.47. The van der Waals surface area contributed by atoms with E-state index < -0.39 is 0 Å². The Bertz CT molecular complexity index is 793. The fourth-order valence-electron chi connectivity index (χ4n) is 3.04. The van der Waals surface area contributed by atoms with Crippen LogP contribution < -0.4 is 10.5 Å². The highest BCUT2D eigenvalue weighted by molar-refractivity contribution is 5.33. The number of rotatable bonds is 10. The molecule has 4 heteroatoms. The Morgan fingerprint density at radius 2 is 1.63 bits per heavy atom. The maximum Gasteiger partial charge on any atom is 0.130 e. The minimum atomic E-state index is 0.471. The summed E-state index contributed by atoms with van der Waals surface area (Å²) < 4.78 is 6.04. The van der Waals surface area contributed by atoms with Gasteiger partial charge in [0.15, 0.2) is 0 Å². The van der Waals surface area contributed by atoms with Gasteiger partial charge in [0.05, 0.1) is 5.69 Å². The van der Waals surface area contributed by atoms with E-state index in [1.165, 1.54) is 11.1 Å². The van der Waals surface area contributed by atoms with Crippen molar-refractivity contribution < 1.29 is 4.74 Å². The van der Waals surface area contributed by atoms with E-state index >= 15 is 0 Å². The van der Waals surface area contributed by atoms with Crippen molar-refractivity contribution in [3.8, 4) is 5.75 Å². The van der Waals surface area contributed by atoms with E-state index in [-0.39, 0.29) is 0 Å². The molecule has 1 aromatic heterocycles. The van der Waals surface area contributed by atoms with Gasteiger partial charge in [-0.15, -0.1) is 0 Å². The van der Waals surface area contributed by atoms with Crippen molar-refractivity contribution in [1.82, 2.24) is 9.88 Å². The molecule has 0 aliphatic rings. The molecule has 3 aromatic rings. The van der Waals surface area contributed by atoms with Gasteiger partial charge in [0.1, 0.15) is 12.4 Å².